The zero-order chi connectivity index (χ0) is 20.8. The van der Waals surface area contributed by atoms with Crippen LogP contribution in [0.1, 0.15) is 68.7 Å². The molecule has 0 aromatic rings. The molecule has 0 rings (SSSR count). The maximum absolute atomic E-state index is 11.6. The van der Waals surface area contributed by atoms with Crippen LogP contribution < -0.4 is 5.73 Å². The van der Waals surface area contributed by atoms with Crippen LogP contribution in [-0.4, -0.2) is 39.3 Å². The van der Waals surface area contributed by atoms with Crippen LogP contribution >= 0.6 is 0 Å². The van der Waals surface area contributed by atoms with Crippen molar-refractivity contribution in [3.63, 3.8) is 0 Å². The summed E-state index contributed by atoms with van der Waals surface area (Å²) < 4.78 is 5.13. The van der Waals surface area contributed by atoms with E-state index in [1.165, 1.54) is 6.92 Å². The van der Waals surface area contributed by atoms with Crippen molar-refractivity contribution in [3.05, 3.63) is 0 Å². The number of carbonyl (C=O) groups is 3. The van der Waals surface area contributed by atoms with Crippen molar-refractivity contribution in [1.29, 1.82) is 0 Å². The molecule has 0 aliphatic rings. The number of ether oxygens (including phenoxy) is 1. The molecule has 0 fully saturated rings. The van der Waals surface area contributed by atoms with Gasteiger partial charge in [0.1, 0.15) is 11.1 Å². The Hall–Kier alpha value is -1.63. The summed E-state index contributed by atoms with van der Waals surface area (Å²) in [5.74, 6) is -2.54. The Morgan fingerprint density at radius 3 is 1.44 bits per heavy atom. The molecule has 4 N–H and O–H groups in total. The van der Waals surface area contributed by atoms with E-state index in [4.69, 9.17) is 20.7 Å². The second kappa shape index (κ2) is 9.17. The fourth-order valence-electron chi connectivity index (χ4n) is 1.45. The van der Waals surface area contributed by atoms with Crippen molar-refractivity contribution in [2.24, 2.45) is 23.0 Å². The van der Waals surface area contributed by atoms with E-state index in [2.05, 4.69) is 0 Å². The molecule has 0 radical (unpaired) electrons. The number of aliphatic carboxylic acids is 2. The second-order valence-corrected chi connectivity index (χ2v) is 8.38. The number of nitrogens with two attached hydrogens (primary N) is 1. The molecule has 7 heteroatoms. The summed E-state index contributed by atoms with van der Waals surface area (Å²) in [6, 6.07) is 0. The van der Waals surface area contributed by atoms with Gasteiger partial charge in [-0.05, 0) is 46.5 Å². The maximum atomic E-state index is 11.6. The van der Waals surface area contributed by atoms with E-state index in [-0.39, 0.29) is 18.3 Å². The van der Waals surface area contributed by atoms with Gasteiger partial charge in [-0.3, -0.25) is 14.4 Å². The topological polar surface area (TPSA) is 127 Å². The number of carboxylic acid groups (broad SMARTS) is 2. The van der Waals surface area contributed by atoms with Crippen LogP contribution in [0.2, 0.25) is 0 Å². The van der Waals surface area contributed by atoms with Gasteiger partial charge in [0.05, 0.1) is 11.8 Å². The summed E-state index contributed by atoms with van der Waals surface area (Å²) >= 11 is 0. The van der Waals surface area contributed by atoms with Gasteiger partial charge in [-0.25, -0.2) is 0 Å². The fraction of sp³-hybridized carbons (Fsp3) is 0.833. The summed E-state index contributed by atoms with van der Waals surface area (Å²) in [5.41, 5.74) is 2.68. The molecule has 0 aliphatic carbocycles. The van der Waals surface area contributed by atoms with Crippen LogP contribution in [-0.2, 0) is 19.1 Å². The zero-order valence-electron chi connectivity index (χ0n) is 17.0. The van der Waals surface area contributed by atoms with Crippen LogP contribution in [0.15, 0.2) is 0 Å². The number of hydrogen-bond acceptors (Lipinski definition) is 5. The summed E-state index contributed by atoms with van der Waals surface area (Å²) in [4.78, 5) is 33.1. The van der Waals surface area contributed by atoms with Crippen molar-refractivity contribution in [3.8, 4) is 0 Å². The summed E-state index contributed by atoms with van der Waals surface area (Å²) in [6.45, 7) is 15.5. The minimum absolute atomic E-state index is 0.0324. The van der Waals surface area contributed by atoms with Crippen LogP contribution in [0, 0.1) is 17.3 Å². The highest BCUT2D eigenvalue weighted by Crippen LogP contribution is 2.32. The predicted molar refractivity (Wildman–Crippen MR) is 96.1 cm³/mol. The van der Waals surface area contributed by atoms with Crippen molar-refractivity contribution >= 4 is 17.9 Å². The van der Waals surface area contributed by atoms with Gasteiger partial charge in [0.25, 0.3) is 0 Å². The Morgan fingerprint density at radius 2 is 1.28 bits per heavy atom. The molecular weight excluding hydrogens is 326 g/mol. The Labute approximate surface area is 150 Å². The molecule has 0 saturated carbocycles. The summed E-state index contributed by atoms with van der Waals surface area (Å²) in [5, 5.41) is 17.6. The van der Waals surface area contributed by atoms with Crippen molar-refractivity contribution in [2.75, 3.05) is 0 Å². The molecule has 0 bridgehead atoms. The van der Waals surface area contributed by atoms with Gasteiger partial charge in [-0.1, -0.05) is 27.7 Å². The van der Waals surface area contributed by atoms with Crippen molar-refractivity contribution < 1.29 is 29.3 Å². The lowest BCUT2D eigenvalue weighted by Crippen LogP contribution is -2.49. The number of carbonyl (C=O) groups excluding carboxylic acids is 1. The quantitative estimate of drug-likeness (QED) is 0.621. The lowest BCUT2D eigenvalue weighted by Gasteiger charge is -2.29. The Balaban J connectivity index is 0. The Bertz CT molecular complexity index is 476. The first-order valence-corrected chi connectivity index (χ1v) is 8.35. The third-order valence-corrected chi connectivity index (χ3v) is 4.35. The first kappa shape index (κ1) is 25.6. The molecule has 0 aromatic carbocycles. The number of hydrogen-bond donors (Lipinski definition) is 3. The summed E-state index contributed by atoms with van der Waals surface area (Å²) in [6.07, 6.45) is -0.0999. The molecule has 0 aromatic heterocycles. The molecule has 0 unspecified atom stereocenters. The smallest absolute Gasteiger partial charge is 0.323 e. The van der Waals surface area contributed by atoms with E-state index < -0.39 is 34.5 Å². The van der Waals surface area contributed by atoms with Crippen molar-refractivity contribution in [1.82, 2.24) is 0 Å². The molecule has 2 atom stereocenters. The third-order valence-electron chi connectivity index (χ3n) is 4.35. The standard InChI is InChI=1S/C12H22O4.C6H13NO2/c1-8(2)12(6,10(14)15)7-9(13)16-11(3,4)5;1-4(2)6(3,7)5(8)9/h8H,7H2,1-6H3,(H,14,15);4H,7H2,1-3H3,(H,8,9)/t12-;6-/m00/s1. The van der Waals surface area contributed by atoms with E-state index in [1.807, 2.05) is 0 Å². The highest BCUT2D eigenvalue weighted by Gasteiger charge is 2.40. The molecule has 0 amide bonds. The molecule has 0 heterocycles. The molecular formula is C18H35NO6. The van der Waals surface area contributed by atoms with Gasteiger partial charge >= 0.3 is 17.9 Å². The van der Waals surface area contributed by atoms with Crippen LogP contribution in [0.3, 0.4) is 0 Å². The van der Waals surface area contributed by atoms with Gasteiger partial charge in [0, 0.05) is 0 Å². The first-order chi connectivity index (χ1) is 10.9. The van der Waals surface area contributed by atoms with Gasteiger partial charge in [0.15, 0.2) is 0 Å². The minimum Gasteiger partial charge on any atom is -0.481 e. The highest BCUT2D eigenvalue weighted by atomic mass is 16.6. The minimum atomic E-state index is -1.08. The monoisotopic (exact) mass is 361 g/mol. The fourth-order valence-corrected chi connectivity index (χ4v) is 1.45. The van der Waals surface area contributed by atoms with Crippen molar-refractivity contribution in [2.45, 2.75) is 79.9 Å². The lowest BCUT2D eigenvalue weighted by molar-refractivity contribution is -0.166. The largest absolute Gasteiger partial charge is 0.481 e. The van der Waals surface area contributed by atoms with Gasteiger partial charge in [-0.2, -0.15) is 0 Å². The van der Waals surface area contributed by atoms with E-state index in [1.54, 1.807) is 55.4 Å². The molecule has 0 spiro atoms. The molecule has 25 heavy (non-hydrogen) atoms. The highest BCUT2D eigenvalue weighted by molar-refractivity contribution is 5.82. The lowest BCUT2D eigenvalue weighted by atomic mass is 9.76. The van der Waals surface area contributed by atoms with Gasteiger partial charge in [0.2, 0.25) is 0 Å². The zero-order valence-corrected chi connectivity index (χ0v) is 17.0. The van der Waals surface area contributed by atoms with Crippen LogP contribution in [0.4, 0.5) is 0 Å². The average molecular weight is 361 g/mol. The van der Waals surface area contributed by atoms with E-state index >= 15 is 0 Å². The van der Waals surface area contributed by atoms with E-state index in [9.17, 15) is 14.4 Å². The number of rotatable bonds is 6. The Kier molecular flexibility index (Phi) is 9.40. The third kappa shape index (κ3) is 8.86. The number of esters is 1. The van der Waals surface area contributed by atoms with Gasteiger partial charge < -0.3 is 20.7 Å². The van der Waals surface area contributed by atoms with Crippen LogP contribution in [0.5, 0.6) is 0 Å². The van der Waals surface area contributed by atoms with E-state index in [0.717, 1.165) is 0 Å². The molecule has 148 valence electrons. The predicted octanol–water partition coefficient (Wildman–Crippen LogP) is 2.91. The average Bonchev–Trinajstić information content (AvgIpc) is 2.35. The maximum Gasteiger partial charge on any atom is 0.323 e. The van der Waals surface area contributed by atoms with Gasteiger partial charge in [-0.15, -0.1) is 0 Å². The molecule has 0 saturated heterocycles. The SMILES string of the molecule is CC(C)[C@](C)(CC(=O)OC(C)(C)C)C(=O)O.CC(C)[C@](C)(N)C(=O)O. The van der Waals surface area contributed by atoms with Crippen LogP contribution in [0.25, 0.3) is 0 Å². The summed E-state index contributed by atoms with van der Waals surface area (Å²) in [7, 11) is 0. The first-order valence-electron chi connectivity index (χ1n) is 8.35. The Morgan fingerprint density at radius 1 is 0.880 bits per heavy atom. The normalized spacial score (nSPS) is 16.3. The molecule has 0 aliphatic heterocycles. The molecule has 7 nitrogen and oxygen atoms in total. The second-order valence-electron chi connectivity index (χ2n) is 8.38. The number of carboxylic acids is 2. The van der Waals surface area contributed by atoms with E-state index in [0.29, 0.717) is 0 Å².